The molecule has 82 valence electrons. The van der Waals surface area contributed by atoms with Crippen molar-refractivity contribution in [2.24, 2.45) is 5.73 Å². The van der Waals surface area contributed by atoms with Crippen LogP contribution in [-0.4, -0.2) is 28.2 Å². The standard InChI is InChI=1S/C9H11NO4S/c10-8(9(13)14)5(4-7(11)12)6-2-1-3-15-6/h1-3,5,8H,4,10H2,(H,11,12)(H,13,14)/t5?,8-/m0/s1. The Hall–Kier alpha value is -1.40. The Balaban J connectivity index is 2.88. The van der Waals surface area contributed by atoms with E-state index in [2.05, 4.69) is 0 Å². The van der Waals surface area contributed by atoms with E-state index in [9.17, 15) is 9.59 Å². The predicted octanol–water partition coefficient (Wildman–Crippen LogP) is 0.718. The molecule has 0 radical (unpaired) electrons. The van der Waals surface area contributed by atoms with Crippen molar-refractivity contribution in [3.63, 3.8) is 0 Å². The molecule has 1 heterocycles. The molecule has 6 heteroatoms. The first-order valence-corrected chi connectivity index (χ1v) is 5.14. The Morgan fingerprint density at radius 2 is 2.13 bits per heavy atom. The van der Waals surface area contributed by atoms with Crippen molar-refractivity contribution in [3.8, 4) is 0 Å². The summed E-state index contributed by atoms with van der Waals surface area (Å²) in [6, 6.07) is 2.25. The van der Waals surface area contributed by atoms with E-state index in [1.54, 1.807) is 17.5 Å². The summed E-state index contributed by atoms with van der Waals surface area (Å²) in [7, 11) is 0. The van der Waals surface area contributed by atoms with E-state index < -0.39 is 23.9 Å². The summed E-state index contributed by atoms with van der Waals surface area (Å²) in [4.78, 5) is 22.0. The van der Waals surface area contributed by atoms with Gasteiger partial charge in [0, 0.05) is 10.8 Å². The lowest BCUT2D eigenvalue weighted by atomic mass is 9.95. The Morgan fingerprint density at radius 3 is 2.53 bits per heavy atom. The van der Waals surface area contributed by atoms with Crippen molar-refractivity contribution in [3.05, 3.63) is 22.4 Å². The molecule has 1 rings (SSSR count). The fraction of sp³-hybridized carbons (Fsp3) is 0.333. The molecule has 0 saturated carbocycles. The Bertz CT molecular complexity index is 349. The van der Waals surface area contributed by atoms with Gasteiger partial charge >= 0.3 is 11.9 Å². The smallest absolute Gasteiger partial charge is 0.321 e. The van der Waals surface area contributed by atoms with Crippen LogP contribution in [0.4, 0.5) is 0 Å². The van der Waals surface area contributed by atoms with Gasteiger partial charge in [-0.25, -0.2) is 0 Å². The van der Waals surface area contributed by atoms with Gasteiger partial charge in [0.25, 0.3) is 0 Å². The molecule has 0 aliphatic rings. The van der Waals surface area contributed by atoms with Gasteiger partial charge in [-0.15, -0.1) is 11.3 Å². The predicted molar refractivity (Wildman–Crippen MR) is 54.9 cm³/mol. The molecule has 0 bridgehead atoms. The number of carbonyl (C=O) groups is 2. The van der Waals surface area contributed by atoms with Crippen LogP contribution in [0.25, 0.3) is 0 Å². The second kappa shape index (κ2) is 4.90. The molecule has 1 aromatic heterocycles. The van der Waals surface area contributed by atoms with Crippen molar-refractivity contribution < 1.29 is 19.8 Å². The lowest BCUT2D eigenvalue weighted by Crippen LogP contribution is -2.37. The summed E-state index contributed by atoms with van der Waals surface area (Å²) in [5, 5.41) is 19.2. The van der Waals surface area contributed by atoms with Gasteiger partial charge in [0.2, 0.25) is 0 Å². The Morgan fingerprint density at radius 1 is 1.47 bits per heavy atom. The molecular weight excluding hydrogens is 218 g/mol. The third-order valence-electron chi connectivity index (χ3n) is 2.02. The summed E-state index contributed by atoms with van der Waals surface area (Å²) in [6.45, 7) is 0. The third-order valence-corrected chi connectivity index (χ3v) is 3.03. The van der Waals surface area contributed by atoms with E-state index >= 15 is 0 Å². The molecule has 1 aromatic rings. The van der Waals surface area contributed by atoms with E-state index in [1.165, 1.54) is 11.3 Å². The molecule has 5 nitrogen and oxygen atoms in total. The lowest BCUT2D eigenvalue weighted by Gasteiger charge is -2.17. The maximum absolute atomic E-state index is 10.7. The van der Waals surface area contributed by atoms with Gasteiger partial charge in [-0.05, 0) is 11.4 Å². The van der Waals surface area contributed by atoms with Crippen LogP contribution in [0.5, 0.6) is 0 Å². The summed E-state index contributed by atoms with van der Waals surface area (Å²) in [5.74, 6) is -2.90. The number of hydrogen-bond acceptors (Lipinski definition) is 4. The quantitative estimate of drug-likeness (QED) is 0.690. The molecule has 0 fully saturated rings. The SMILES string of the molecule is N[C@H](C(=O)O)C(CC(=O)O)c1cccs1. The van der Waals surface area contributed by atoms with Crippen molar-refractivity contribution >= 4 is 23.3 Å². The number of carboxylic acids is 2. The summed E-state index contributed by atoms with van der Waals surface area (Å²) >= 11 is 1.31. The van der Waals surface area contributed by atoms with E-state index in [0.29, 0.717) is 4.88 Å². The van der Waals surface area contributed by atoms with Gasteiger partial charge < -0.3 is 15.9 Å². The molecular formula is C9H11NO4S. The highest BCUT2D eigenvalue weighted by molar-refractivity contribution is 7.10. The highest BCUT2D eigenvalue weighted by atomic mass is 32.1. The van der Waals surface area contributed by atoms with Crippen LogP contribution >= 0.6 is 11.3 Å². The molecule has 0 aromatic carbocycles. The minimum Gasteiger partial charge on any atom is -0.481 e. The van der Waals surface area contributed by atoms with Crippen molar-refractivity contribution in [1.29, 1.82) is 0 Å². The lowest BCUT2D eigenvalue weighted by molar-refractivity contribution is -0.140. The summed E-state index contributed by atoms with van der Waals surface area (Å²) in [5.41, 5.74) is 5.44. The van der Waals surface area contributed by atoms with Gasteiger partial charge in [-0.3, -0.25) is 9.59 Å². The van der Waals surface area contributed by atoms with Gasteiger partial charge in [0.05, 0.1) is 6.42 Å². The zero-order valence-corrected chi connectivity index (χ0v) is 8.61. The minimum atomic E-state index is -1.19. The number of aliphatic carboxylic acids is 2. The van der Waals surface area contributed by atoms with E-state index in [1.807, 2.05) is 0 Å². The van der Waals surface area contributed by atoms with Crippen LogP contribution in [0.2, 0.25) is 0 Å². The molecule has 0 aliphatic heterocycles. The van der Waals surface area contributed by atoms with Crippen molar-refractivity contribution in [2.45, 2.75) is 18.4 Å². The number of nitrogens with two attached hydrogens (primary N) is 1. The maximum atomic E-state index is 10.7. The Labute approximate surface area is 90.1 Å². The average Bonchev–Trinajstić information content (AvgIpc) is 2.65. The van der Waals surface area contributed by atoms with E-state index in [-0.39, 0.29) is 6.42 Å². The Kier molecular flexibility index (Phi) is 3.81. The van der Waals surface area contributed by atoms with E-state index in [0.717, 1.165) is 0 Å². The van der Waals surface area contributed by atoms with Crippen molar-refractivity contribution in [1.82, 2.24) is 0 Å². The van der Waals surface area contributed by atoms with Crippen LogP contribution in [0.15, 0.2) is 17.5 Å². The zero-order chi connectivity index (χ0) is 11.4. The average molecular weight is 229 g/mol. The summed E-state index contributed by atoms with van der Waals surface area (Å²) in [6.07, 6.45) is -0.270. The third kappa shape index (κ3) is 3.03. The van der Waals surface area contributed by atoms with Crippen LogP contribution in [0.3, 0.4) is 0 Å². The number of hydrogen-bond donors (Lipinski definition) is 3. The van der Waals surface area contributed by atoms with Gasteiger partial charge in [-0.2, -0.15) is 0 Å². The molecule has 1 unspecified atom stereocenters. The normalized spacial score (nSPS) is 14.5. The monoisotopic (exact) mass is 229 g/mol. The van der Waals surface area contributed by atoms with Crippen LogP contribution in [0, 0.1) is 0 Å². The highest BCUT2D eigenvalue weighted by Crippen LogP contribution is 2.26. The topological polar surface area (TPSA) is 101 Å². The van der Waals surface area contributed by atoms with Gasteiger partial charge in [0.15, 0.2) is 0 Å². The maximum Gasteiger partial charge on any atom is 0.321 e. The molecule has 0 aliphatic carbocycles. The molecule has 4 N–H and O–H groups in total. The van der Waals surface area contributed by atoms with Crippen LogP contribution in [-0.2, 0) is 9.59 Å². The summed E-state index contributed by atoms with van der Waals surface area (Å²) < 4.78 is 0. The van der Waals surface area contributed by atoms with Gasteiger partial charge in [0.1, 0.15) is 6.04 Å². The number of carboxylic acid groups (broad SMARTS) is 2. The molecule has 0 saturated heterocycles. The van der Waals surface area contributed by atoms with Gasteiger partial charge in [-0.1, -0.05) is 6.07 Å². The fourth-order valence-corrected chi connectivity index (χ4v) is 2.14. The molecule has 2 atom stereocenters. The van der Waals surface area contributed by atoms with E-state index in [4.69, 9.17) is 15.9 Å². The number of rotatable bonds is 5. The van der Waals surface area contributed by atoms with Crippen molar-refractivity contribution in [2.75, 3.05) is 0 Å². The minimum absolute atomic E-state index is 0.270. The second-order valence-electron chi connectivity index (χ2n) is 3.08. The fourth-order valence-electron chi connectivity index (χ4n) is 1.27. The van der Waals surface area contributed by atoms with Crippen LogP contribution in [0.1, 0.15) is 17.2 Å². The molecule has 15 heavy (non-hydrogen) atoms. The molecule has 0 spiro atoms. The largest absolute Gasteiger partial charge is 0.481 e. The van der Waals surface area contributed by atoms with Crippen LogP contribution < -0.4 is 5.73 Å². The first-order chi connectivity index (χ1) is 7.02. The number of thiophene rings is 1. The highest BCUT2D eigenvalue weighted by Gasteiger charge is 2.28. The second-order valence-corrected chi connectivity index (χ2v) is 4.06. The molecule has 0 amide bonds. The zero-order valence-electron chi connectivity index (χ0n) is 7.79. The first kappa shape index (κ1) is 11.7. The first-order valence-electron chi connectivity index (χ1n) is 4.26.